The van der Waals surface area contributed by atoms with Gasteiger partial charge in [-0.3, -0.25) is 14.6 Å². The van der Waals surface area contributed by atoms with Crippen LogP contribution in [0.5, 0.6) is 0 Å². The Hall–Kier alpha value is -2.89. The number of hydrogen-bond donors (Lipinski definition) is 1. The molecular formula is C26H26Cl2N2O3. The van der Waals surface area contributed by atoms with Crippen LogP contribution in [0.3, 0.4) is 0 Å². The number of rotatable bonds is 5. The lowest BCUT2D eigenvalue weighted by atomic mass is 9.90. The Morgan fingerprint density at radius 3 is 2.24 bits per heavy atom. The predicted octanol–water partition coefficient (Wildman–Crippen LogP) is 6.16. The molecule has 1 heterocycles. The molecule has 1 aliphatic rings. The molecule has 1 amide bonds. The fourth-order valence-electron chi connectivity index (χ4n) is 4.05. The quantitative estimate of drug-likeness (QED) is 0.515. The molecule has 1 aliphatic heterocycles. The highest BCUT2D eigenvalue weighted by Crippen LogP contribution is 2.35. The van der Waals surface area contributed by atoms with E-state index in [1.54, 1.807) is 12.1 Å². The van der Waals surface area contributed by atoms with Crippen molar-refractivity contribution in [1.82, 2.24) is 0 Å². The Bertz CT molecular complexity index is 1210. The largest absolute Gasteiger partial charge is 0.469 e. The van der Waals surface area contributed by atoms with Crippen LogP contribution < -0.4 is 5.73 Å². The van der Waals surface area contributed by atoms with Crippen LogP contribution in [0.15, 0.2) is 58.2 Å². The van der Waals surface area contributed by atoms with Crippen molar-refractivity contribution >= 4 is 46.4 Å². The number of nitrogens with two attached hydrogens (primary N) is 1. The molecule has 0 atom stereocenters. The Morgan fingerprint density at radius 1 is 1.00 bits per heavy atom. The first-order chi connectivity index (χ1) is 15.6. The summed E-state index contributed by atoms with van der Waals surface area (Å²) in [5.74, 6) is -0.796. The lowest BCUT2D eigenvalue weighted by Crippen LogP contribution is -2.17. The van der Waals surface area contributed by atoms with Gasteiger partial charge in [-0.2, -0.15) is 0 Å². The van der Waals surface area contributed by atoms with Crippen LogP contribution in [0.25, 0.3) is 16.7 Å². The monoisotopic (exact) mass is 484 g/mol. The molecule has 0 unspecified atom stereocenters. The molecule has 0 bridgehead atoms. The van der Waals surface area contributed by atoms with Gasteiger partial charge in [-0.05, 0) is 62.4 Å². The van der Waals surface area contributed by atoms with Gasteiger partial charge in [0.15, 0.2) is 0 Å². The number of nitrogens with zero attached hydrogens (tertiary/aromatic N) is 1. The zero-order valence-electron chi connectivity index (χ0n) is 19.1. The zero-order valence-corrected chi connectivity index (χ0v) is 20.6. The highest BCUT2D eigenvalue weighted by atomic mass is 35.5. The maximum absolute atomic E-state index is 11.7. The first kappa shape index (κ1) is 24.7. The fraction of sp³-hybridized carbons (Fsp3) is 0.269. The van der Waals surface area contributed by atoms with E-state index in [1.165, 1.54) is 7.11 Å². The summed E-state index contributed by atoms with van der Waals surface area (Å²) in [5, 5.41) is 0.961. The fourth-order valence-corrected chi connectivity index (χ4v) is 4.57. The minimum atomic E-state index is -0.419. The third kappa shape index (κ3) is 5.55. The van der Waals surface area contributed by atoms with E-state index in [1.807, 2.05) is 38.1 Å². The number of primary amides is 1. The van der Waals surface area contributed by atoms with E-state index in [0.29, 0.717) is 33.3 Å². The van der Waals surface area contributed by atoms with Gasteiger partial charge in [0.25, 0.3) is 0 Å². The molecular weight excluding hydrogens is 459 g/mol. The molecule has 7 heteroatoms. The Balaban J connectivity index is 1.96. The molecule has 2 aromatic carbocycles. The molecule has 0 radical (unpaired) electrons. The minimum Gasteiger partial charge on any atom is -0.469 e. The van der Waals surface area contributed by atoms with Crippen molar-refractivity contribution in [2.75, 3.05) is 7.11 Å². The summed E-state index contributed by atoms with van der Waals surface area (Å²) in [6, 6.07) is 11.5. The van der Waals surface area contributed by atoms with Crippen molar-refractivity contribution in [3.05, 3.63) is 74.4 Å². The molecule has 0 fully saturated rings. The van der Waals surface area contributed by atoms with Gasteiger partial charge in [0.05, 0.1) is 13.5 Å². The zero-order chi connectivity index (χ0) is 24.3. The molecule has 0 spiro atoms. The standard InChI is InChI=1S/C26H26Cl2N2O3/c1-14-5-10-20(26(29)32)15(2)30-16(3)25(14)18-8-6-17(7-9-18)21-13-22(27)19(11-23(21)28)12-24(31)33-4/h6-9,11,13H,5,10,12H2,1-4H3,(H2,29,32). The van der Waals surface area contributed by atoms with Gasteiger partial charge in [0, 0.05) is 38.2 Å². The van der Waals surface area contributed by atoms with E-state index < -0.39 is 5.91 Å². The van der Waals surface area contributed by atoms with Crippen LogP contribution in [0.4, 0.5) is 0 Å². The highest BCUT2D eigenvalue weighted by molar-refractivity contribution is 6.36. The number of allylic oxidation sites excluding steroid dienone is 3. The Morgan fingerprint density at radius 2 is 1.64 bits per heavy atom. The van der Waals surface area contributed by atoms with E-state index in [-0.39, 0.29) is 12.4 Å². The van der Waals surface area contributed by atoms with E-state index in [9.17, 15) is 9.59 Å². The van der Waals surface area contributed by atoms with Crippen LogP contribution in [0.2, 0.25) is 10.0 Å². The number of aliphatic imine (C=N–C) groups is 1. The maximum atomic E-state index is 11.7. The van der Waals surface area contributed by atoms with Gasteiger partial charge in [0.1, 0.15) is 0 Å². The SMILES string of the molecule is COC(=O)Cc1cc(Cl)c(-c2ccc(C3=C(C)CCC(C(N)=O)=C(C)N=C3C)cc2)cc1Cl. The van der Waals surface area contributed by atoms with Crippen molar-refractivity contribution in [1.29, 1.82) is 0 Å². The van der Waals surface area contributed by atoms with Gasteiger partial charge in [-0.1, -0.05) is 53.0 Å². The lowest BCUT2D eigenvalue weighted by Gasteiger charge is -2.18. The highest BCUT2D eigenvalue weighted by Gasteiger charge is 2.18. The number of carbonyl (C=O) groups is 2. The van der Waals surface area contributed by atoms with E-state index in [0.717, 1.165) is 40.0 Å². The van der Waals surface area contributed by atoms with Crippen LogP contribution in [0, 0.1) is 0 Å². The summed E-state index contributed by atoms with van der Waals surface area (Å²) in [5.41, 5.74) is 13.1. The van der Waals surface area contributed by atoms with E-state index in [2.05, 4.69) is 11.9 Å². The lowest BCUT2D eigenvalue weighted by molar-refractivity contribution is -0.139. The normalized spacial score (nSPS) is 14.5. The summed E-state index contributed by atoms with van der Waals surface area (Å²) in [6.07, 6.45) is 1.35. The van der Waals surface area contributed by atoms with E-state index in [4.69, 9.17) is 33.7 Å². The summed E-state index contributed by atoms with van der Waals surface area (Å²) in [6.45, 7) is 5.82. The summed E-state index contributed by atoms with van der Waals surface area (Å²) in [7, 11) is 1.33. The summed E-state index contributed by atoms with van der Waals surface area (Å²) >= 11 is 12.9. The summed E-state index contributed by atoms with van der Waals surface area (Å²) < 4.78 is 4.71. The summed E-state index contributed by atoms with van der Waals surface area (Å²) in [4.78, 5) is 28.0. The molecule has 0 saturated carbocycles. The number of amides is 1. The molecule has 33 heavy (non-hydrogen) atoms. The van der Waals surface area contributed by atoms with Crippen LogP contribution in [-0.2, 0) is 20.7 Å². The minimum absolute atomic E-state index is 0.0612. The predicted molar refractivity (Wildman–Crippen MR) is 134 cm³/mol. The third-order valence-corrected chi connectivity index (χ3v) is 6.46. The number of ether oxygens (including phenoxy) is 1. The van der Waals surface area contributed by atoms with Crippen molar-refractivity contribution in [2.24, 2.45) is 10.7 Å². The van der Waals surface area contributed by atoms with Crippen molar-refractivity contribution in [3.63, 3.8) is 0 Å². The van der Waals surface area contributed by atoms with Crippen molar-refractivity contribution in [2.45, 2.75) is 40.0 Å². The van der Waals surface area contributed by atoms with Crippen molar-refractivity contribution in [3.8, 4) is 11.1 Å². The van der Waals surface area contributed by atoms with E-state index >= 15 is 0 Å². The molecule has 3 rings (SSSR count). The van der Waals surface area contributed by atoms with Gasteiger partial charge in [-0.25, -0.2) is 0 Å². The first-order valence-electron chi connectivity index (χ1n) is 10.5. The topological polar surface area (TPSA) is 81.8 Å². The number of methoxy groups -OCH3 is 1. The Kier molecular flexibility index (Phi) is 7.77. The number of halogens is 2. The second-order valence-electron chi connectivity index (χ2n) is 8.03. The van der Waals surface area contributed by atoms with Crippen LogP contribution in [0.1, 0.15) is 44.7 Å². The number of benzene rings is 2. The van der Waals surface area contributed by atoms with Gasteiger partial charge < -0.3 is 10.5 Å². The van der Waals surface area contributed by atoms with Crippen LogP contribution in [-0.4, -0.2) is 24.7 Å². The first-order valence-corrected chi connectivity index (χ1v) is 11.3. The second-order valence-corrected chi connectivity index (χ2v) is 8.85. The average molecular weight is 485 g/mol. The second kappa shape index (κ2) is 10.4. The smallest absolute Gasteiger partial charge is 0.310 e. The molecule has 0 aliphatic carbocycles. The molecule has 2 aromatic rings. The Labute approximate surface area is 203 Å². The number of hydrogen-bond acceptors (Lipinski definition) is 4. The van der Waals surface area contributed by atoms with Crippen LogP contribution >= 0.6 is 23.2 Å². The molecule has 2 N–H and O–H groups in total. The maximum Gasteiger partial charge on any atom is 0.310 e. The van der Waals surface area contributed by atoms with Crippen molar-refractivity contribution < 1.29 is 14.3 Å². The number of esters is 1. The third-order valence-electron chi connectivity index (χ3n) is 5.79. The molecule has 0 aromatic heterocycles. The van der Waals surface area contributed by atoms with Gasteiger partial charge in [0.2, 0.25) is 5.91 Å². The number of carbonyl (C=O) groups excluding carboxylic acids is 2. The molecule has 0 saturated heterocycles. The van der Waals surface area contributed by atoms with Gasteiger partial charge in [-0.15, -0.1) is 0 Å². The molecule has 5 nitrogen and oxygen atoms in total. The molecule has 172 valence electrons. The average Bonchev–Trinajstić information content (AvgIpc) is 2.75. The van der Waals surface area contributed by atoms with Gasteiger partial charge >= 0.3 is 5.97 Å².